The number of hydrogen-bond acceptors (Lipinski definition) is 1. The van der Waals surface area contributed by atoms with Crippen LogP contribution in [0.3, 0.4) is 0 Å². The van der Waals surface area contributed by atoms with E-state index in [2.05, 4.69) is 163 Å². The quantitative estimate of drug-likeness (QED) is 0.163. The molecule has 0 N–H and O–H groups in total. The van der Waals surface area contributed by atoms with Crippen LogP contribution in [0.25, 0.3) is 77.3 Å². The first kappa shape index (κ1) is 29.4. The van der Waals surface area contributed by atoms with Crippen molar-refractivity contribution in [2.24, 2.45) is 0 Å². The van der Waals surface area contributed by atoms with E-state index in [1.807, 2.05) is 30.8 Å². The molecule has 0 atom stereocenters. The van der Waals surface area contributed by atoms with Crippen molar-refractivity contribution in [1.29, 1.82) is 0 Å². The summed E-state index contributed by atoms with van der Waals surface area (Å²) < 4.78 is 4.94. The molecule has 0 fully saturated rings. The van der Waals surface area contributed by atoms with Crippen molar-refractivity contribution < 1.29 is 0 Å². The van der Waals surface area contributed by atoms with Crippen LogP contribution in [0.2, 0.25) is 0 Å². The molecule has 9 rings (SSSR count). The fourth-order valence-corrected chi connectivity index (χ4v) is 8.74. The van der Waals surface area contributed by atoms with E-state index in [1.54, 1.807) is 0 Å². The monoisotopic (exact) mass is 646 g/mol. The highest BCUT2D eigenvalue weighted by molar-refractivity contribution is 7.99. The van der Waals surface area contributed by atoms with Gasteiger partial charge in [-0.3, -0.25) is 0 Å². The van der Waals surface area contributed by atoms with Crippen molar-refractivity contribution >= 4 is 66.5 Å². The number of benzene rings is 6. The smallest absolute Gasteiger partial charge is 0.0688 e. The third kappa shape index (κ3) is 4.50. The van der Waals surface area contributed by atoms with Crippen LogP contribution in [0.1, 0.15) is 25.0 Å². The summed E-state index contributed by atoms with van der Waals surface area (Å²) in [5, 5.41) is 5.16. The first-order valence-electron chi connectivity index (χ1n) is 16.7. The zero-order valence-corrected chi connectivity index (χ0v) is 28.4. The molecule has 2 aromatic heterocycles. The Morgan fingerprint density at radius 1 is 0.653 bits per heavy atom. The lowest BCUT2D eigenvalue weighted by atomic mass is 9.93. The Labute approximate surface area is 290 Å². The second-order valence-electron chi connectivity index (χ2n) is 12.7. The van der Waals surface area contributed by atoms with Crippen molar-refractivity contribution in [2.45, 2.75) is 23.6 Å². The SMILES string of the molecule is C=C/C=C(\C)c1cc(C(=C)/C=C\C)cc(-c2cccc(-n3c4ccccc4c4c5c6ccccc6n6c5c(cc43)Sc3ccccc3-6)c2)c1. The maximum absolute atomic E-state index is 4.37. The molecule has 6 aromatic carbocycles. The van der Waals surface area contributed by atoms with Crippen LogP contribution >= 0.6 is 11.8 Å². The molecule has 0 spiro atoms. The Kier molecular flexibility index (Phi) is 6.86. The minimum Gasteiger partial charge on any atom is -0.309 e. The van der Waals surface area contributed by atoms with Gasteiger partial charge in [0.15, 0.2) is 0 Å². The molecule has 0 unspecified atom stereocenters. The summed E-state index contributed by atoms with van der Waals surface area (Å²) in [5.74, 6) is 0. The maximum Gasteiger partial charge on any atom is 0.0688 e. The number of fused-ring (bicyclic) bond motifs is 9. The first-order valence-corrected chi connectivity index (χ1v) is 17.5. The molecule has 0 saturated carbocycles. The van der Waals surface area contributed by atoms with E-state index in [9.17, 15) is 0 Å². The zero-order valence-electron chi connectivity index (χ0n) is 27.6. The summed E-state index contributed by atoms with van der Waals surface area (Å²) in [7, 11) is 0. The van der Waals surface area contributed by atoms with Crippen molar-refractivity contribution in [2.75, 3.05) is 0 Å². The van der Waals surface area contributed by atoms with Crippen LogP contribution in [0.4, 0.5) is 0 Å². The molecule has 1 aliphatic heterocycles. The van der Waals surface area contributed by atoms with E-state index in [0.717, 1.165) is 33.5 Å². The van der Waals surface area contributed by atoms with Gasteiger partial charge in [-0.1, -0.05) is 110 Å². The van der Waals surface area contributed by atoms with Gasteiger partial charge in [0, 0.05) is 37.0 Å². The predicted molar refractivity (Wildman–Crippen MR) is 212 cm³/mol. The zero-order chi connectivity index (χ0) is 33.2. The molecule has 234 valence electrons. The fourth-order valence-electron chi connectivity index (χ4n) is 7.63. The minimum absolute atomic E-state index is 0.992. The molecular formula is C46H34N2S. The van der Waals surface area contributed by atoms with Gasteiger partial charge in [-0.25, -0.2) is 0 Å². The number of nitrogens with zero attached hydrogens (tertiary/aromatic N) is 2. The summed E-state index contributed by atoms with van der Waals surface area (Å²) in [5.41, 5.74) is 14.1. The van der Waals surface area contributed by atoms with Gasteiger partial charge < -0.3 is 9.13 Å². The molecular weight excluding hydrogens is 613 g/mol. The second kappa shape index (κ2) is 11.4. The van der Waals surface area contributed by atoms with E-state index in [4.69, 9.17) is 0 Å². The molecule has 8 aromatic rings. The minimum atomic E-state index is 0.992. The average molecular weight is 647 g/mol. The van der Waals surface area contributed by atoms with Crippen LogP contribution in [-0.2, 0) is 0 Å². The van der Waals surface area contributed by atoms with Crippen molar-refractivity contribution in [1.82, 2.24) is 9.13 Å². The van der Waals surface area contributed by atoms with Gasteiger partial charge in [-0.05, 0) is 108 Å². The normalized spacial score (nSPS) is 12.8. The van der Waals surface area contributed by atoms with Gasteiger partial charge in [0.25, 0.3) is 0 Å². The fraction of sp³-hybridized carbons (Fsp3) is 0.0435. The lowest BCUT2D eigenvalue weighted by Crippen LogP contribution is -2.01. The van der Waals surface area contributed by atoms with Gasteiger partial charge >= 0.3 is 0 Å². The summed E-state index contributed by atoms with van der Waals surface area (Å²) in [6.07, 6.45) is 8.04. The van der Waals surface area contributed by atoms with Crippen molar-refractivity contribution in [3.05, 3.63) is 170 Å². The molecule has 3 heteroatoms. The third-order valence-electron chi connectivity index (χ3n) is 9.80. The van der Waals surface area contributed by atoms with Gasteiger partial charge in [-0.2, -0.15) is 0 Å². The maximum atomic E-state index is 4.37. The Hall–Kier alpha value is -5.77. The van der Waals surface area contributed by atoms with Crippen LogP contribution in [0, 0.1) is 0 Å². The molecule has 0 saturated heterocycles. The predicted octanol–water partition coefficient (Wildman–Crippen LogP) is 13.2. The molecule has 0 amide bonds. The third-order valence-corrected chi connectivity index (χ3v) is 10.9. The Morgan fingerprint density at radius 3 is 2.16 bits per heavy atom. The molecule has 0 radical (unpaired) electrons. The van der Waals surface area contributed by atoms with Crippen LogP contribution in [-0.4, -0.2) is 9.13 Å². The molecule has 1 aliphatic rings. The summed E-state index contributed by atoms with van der Waals surface area (Å²) in [6.45, 7) is 12.5. The average Bonchev–Trinajstić information content (AvgIpc) is 3.65. The molecule has 49 heavy (non-hydrogen) atoms. The highest BCUT2D eigenvalue weighted by atomic mass is 32.2. The Morgan fingerprint density at radius 2 is 1.37 bits per heavy atom. The molecule has 2 nitrogen and oxygen atoms in total. The van der Waals surface area contributed by atoms with E-state index < -0.39 is 0 Å². The first-order chi connectivity index (χ1) is 24.1. The molecule has 0 bridgehead atoms. The van der Waals surface area contributed by atoms with E-state index in [-0.39, 0.29) is 0 Å². The van der Waals surface area contributed by atoms with Crippen molar-refractivity contribution in [3.63, 3.8) is 0 Å². The van der Waals surface area contributed by atoms with Crippen LogP contribution < -0.4 is 0 Å². The van der Waals surface area contributed by atoms with E-state index in [0.29, 0.717) is 0 Å². The number of allylic oxidation sites excluding steroid dienone is 6. The molecule has 0 aliphatic carbocycles. The van der Waals surface area contributed by atoms with Gasteiger partial charge in [-0.15, -0.1) is 0 Å². The summed E-state index contributed by atoms with van der Waals surface area (Å²) >= 11 is 1.88. The molecule has 3 heterocycles. The lowest BCUT2D eigenvalue weighted by Gasteiger charge is -2.20. The number of hydrogen-bond donors (Lipinski definition) is 0. The lowest BCUT2D eigenvalue weighted by molar-refractivity contribution is 1.09. The van der Waals surface area contributed by atoms with E-state index >= 15 is 0 Å². The summed E-state index contributed by atoms with van der Waals surface area (Å²) in [4.78, 5) is 2.56. The van der Waals surface area contributed by atoms with Gasteiger partial charge in [0.2, 0.25) is 0 Å². The number of para-hydroxylation sites is 3. The van der Waals surface area contributed by atoms with Crippen LogP contribution in [0.5, 0.6) is 0 Å². The van der Waals surface area contributed by atoms with Gasteiger partial charge in [0.05, 0.1) is 27.8 Å². The van der Waals surface area contributed by atoms with Crippen molar-refractivity contribution in [3.8, 4) is 22.5 Å². The van der Waals surface area contributed by atoms with Gasteiger partial charge in [0.1, 0.15) is 0 Å². The Bertz CT molecular complexity index is 2750. The topological polar surface area (TPSA) is 9.86 Å². The highest BCUT2D eigenvalue weighted by Gasteiger charge is 2.27. The number of rotatable bonds is 6. The number of aromatic nitrogens is 2. The van der Waals surface area contributed by atoms with E-state index in [1.165, 1.54) is 64.7 Å². The highest BCUT2D eigenvalue weighted by Crippen LogP contribution is 2.51. The Balaban J connectivity index is 1.34. The standard InChI is InChI=1S/C46H34N2S/c1-5-14-29(3)32-24-33(30(4)15-6-2)26-34(25-32)31-16-13-17-35(27-31)47-38-20-9-7-18-36(38)44-41(47)28-43-46-45(44)37-19-8-10-21-39(37)48(46)40-22-11-12-23-42(40)49-43/h5-28H,1,4H2,2-3H3/b15-6-,29-14+. The largest absolute Gasteiger partial charge is 0.309 e. The summed E-state index contributed by atoms with van der Waals surface area (Å²) in [6, 6.07) is 44.7. The van der Waals surface area contributed by atoms with Crippen LogP contribution in [0.15, 0.2) is 169 Å². The second-order valence-corrected chi connectivity index (χ2v) is 13.8.